The van der Waals surface area contributed by atoms with Gasteiger partial charge < -0.3 is 9.84 Å². The third kappa shape index (κ3) is 2.64. The van der Waals surface area contributed by atoms with E-state index in [1.165, 1.54) is 12.3 Å². The molecule has 0 amide bonds. The highest BCUT2D eigenvalue weighted by Crippen LogP contribution is 2.21. The first-order chi connectivity index (χ1) is 7.57. The molecule has 0 fully saturated rings. The van der Waals surface area contributed by atoms with E-state index in [1.54, 1.807) is 6.92 Å². The van der Waals surface area contributed by atoms with Crippen LogP contribution in [0, 0.1) is 5.82 Å². The molecule has 86 valence electrons. The maximum Gasteiger partial charge on any atom is 0.336 e. The summed E-state index contributed by atoms with van der Waals surface area (Å²) in [7, 11) is 0. The van der Waals surface area contributed by atoms with Crippen LogP contribution >= 0.6 is 0 Å². The van der Waals surface area contributed by atoms with E-state index in [1.807, 2.05) is 0 Å². The molecule has 1 aromatic rings. The molecule has 1 rings (SSSR count). The van der Waals surface area contributed by atoms with E-state index in [9.17, 15) is 14.3 Å². The molecule has 0 radical (unpaired) electrons. The van der Waals surface area contributed by atoms with Gasteiger partial charge in [-0.2, -0.15) is 0 Å². The van der Waals surface area contributed by atoms with Crippen molar-refractivity contribution in [3.8, 4) is 0 Å². The molecule has 0 saturated heterocycles. The monoisotopic (exact) mass is 225 g/mol. The second kappa shape index (κ2) is 5.37. The largest absolute Gasteiger partial charge is 0.463 e. The van der Waals surface area contributed by atoms with Crippen molar-refractivity contribution < 1.29 is 19.0 Å². The van der Waals surface area contributed by atoms with E-state index >= 15 is 0 Å². The van der Waals surface area contributed by atoms with Crippen molar-refractivity contribution in [2.75, 3.05) is 6.61 Å². The van der Waals surface area contributed by atoms with Gasteiger partial charge >= 0.3 is 5.97 Å². The molecule has 0 aliphatic heterocycles. The zero-order valence-electron chi connectivity index (χ0n) is 8.81. The van der Waals surface area contributed by atoms with Crippen molar-refractivity contribution in [3.05, 3.63) is 42.0 Å². The van der Waals surface area contributed by atoms with Crippen LogP contribution in [-0.4, -0.2) is 22.7 Å². The summed E-state index contributed by atoms with van der Waals surface area (Å²) in [5.74, 6) is -1.46. The van der Waals surface area contributed by atoms with Crippen molar-refractivity contribution in [1.29, 1.82) is 0 Å². The van der Waals surface area contributed by atoms with Gasteiger partial charge in [0.05, 0.1) is 12.2 Å². The Morgan fingerprint density at radius 1 is 1.75 bits per heavy atom. The Morgan fingerprint density at radius 3 is 3.00 bits per heavy atom. The molecule has 0 spiro atoms. The van der Waals surface area contributed by atoms with Crippen molar-refractivity contribution in [1.82, 2.24) is 4.98 Å². The summed E-state index contributed by atoms with van der Waals surface area (Å²) in [6.07, 6.45) is -0.166. The molecule has 0 bridgehead atoms. The standard InChI is InChI=1S/C11H12FNO3/c1-3-16-11(15)7(2)10(14)9-8(12)5-4-6-13-9/h4-6,10,14H,2-3H2,1H3. The quantitative estimate of drug-likeness (QED) is 0.621. The first-order valence-corrected chi connectivity index (χ1v) is 4.72. The number of hydrogen-bond acceptors (Lipinski definition) is 4. The second-order valence-corrected chi connectivity index (χ2v) is 3.02. The number of pyridine rings is 1. The summed E-state index contributed by atoms with van der Waals surface area (Å²) in [5.41, 5.74) is -0.472. The molecule has 4 nitrogen and oxygen atoms in total. The third-order valence-electron chi connectivity index (χ3n) is 1.91. The van der Waals surface area contributed by atoms with Crippen LogP contribution in [0.15, 0.2) is 30.5 Å². The fourth-order valence-electron chi connectivity index (χ4n) is 1.10. The number of halogens is 1. The minimum Gasteiger partial charge on any atom is -0.463 e. The number of nitrogens with zero attached hydrogens (tertiary/aromatic N) is 1. The number of hydrogen-bond donors (Lipinski definition) is 1. The van der Waals surface area contributed by atoms with Crippen molar-refractivity contribution in [2.24, 2.45) is 0 Å². The number of aromatic nitrogens is 1. The number of ether oxygens (including phenoxy) is 1. The average Bonchev–Trinajstić information content (AvgIpc) is 2.28. The van der Waals surface area contributed by atoms with Gasteiger partial charge in [0.2, 0.25) is 0 Å². The lowest BCUT2D eigenvalue weighted by molar-refractivity contribution is -0.139. The van der Waals surface area contributed by atoms with Gasteiger partial charge in [-0.1, -0.05) is 6.58 Å². The number of aliphatic hydroxyl groups excluding tert-OH is 1. The highest BCUT2D eigenvalue weighted by atomic mass is 19.1. The zero-order chi connectivity index (χ0) is 12.1. The highest BCUT2D eigenvalue weighted by Gasteiger charge is 2.23. The van der Waals surface area contributed by atoms with Gasteiger partial charge in [-0.3, -0.25) is 4.98 Å². The second-order valence-electron chi connectivity index (χ2n) is 3.02. The van der Waals surface area contributed by atoms with Crippen LogP contribution < -0.4 is 0 Å². The van der Waals surface area contributed by atoms with Gasteiger partial charge in [0.1, 0.15) is 17.6 Å². The number of aliphatic hydroxyl groups is 1. The smallest absolute Gasteiger partial charge is 0.336 e. The van der Waals surface area contributed by atoms with Crippen LogP contribution in [0.1, 0.15) is 18.7 Å². The van der Waals surface area contributed by atoms with E-state index < -0.39 is 17.9 Å². The lowest BCUT2D eigenvalue weighted by atomic mass is 10.1. The van der Waals surface area contributed by atoms with Crippen molar-refractivity contribution in [3.63, 3.8) is 0 Å². The summed E-state index contributed by atoms with van der Waals surface area (Å²) in [4.78, 5) is 14.9. The van der Waals surface area contributed by atoms with E-state index in [4.69, 9.17) is 0 Å². The Morgan fingerprint density at radius 2 is 2.44 bits per heavy atom. The molecule has 0 aliphatic carbocycles. The van der Waals surface area contributed by atoms with Gasteiger partial charge in [0.15, 0.2) is 0 Å². The molecule has 0 aromatic carbocycles. The first-order valence-electron chi connectivity index (χ1n) is 4.72. The SMILES string of the molecule is C=C(C(=O)OCC)C(O)c1ncccc1F. The van der Waals surface area contributed by atoms with Crippen LogP contribution in [0.5, 0.6) is 0 Å². The van der Waals surface area contributed by atoms with E-state index in [2.05, 4.69) is 16.3 Å². The Hall–Kier alpha value is -1.75. The van der Waals surface area contributed by atoms with E-state index in [-0.39, 0.29) is 17.9 Å². The minimum absolute atomic E-state index is 0.162. The van der Waals surface area contributed by atoms with Crippen LogP contribution in [-0.2, 0) is 9.53 Å². The van der Waals surface area contributed by atoms with Gasteiger partial charge in [0.25, 0.3) is 0 Å². The third-order valence-corrected chi connectivity index (χ3v) is 1.91. The Labute approximate surface area is 92.4 Å². The minimum atomic E-state index is -1.49. The lowest BCUT2D eigenvalue weighted by Gasteiger charge is -2.12. The fraction of sp³-hybridized carbons (Fsp3) is 0.273. The van der Waals surface area contributed by atoms with Gasteiger partial charge in [-0.15, -0.1) is 0 Å². The van der Waals surface area contributed by atoms with E-state index in [0.717, 1.165) is 6.07 Å². The Bertz CT molecular complexity index is 406. The highest BCUT2D eigenvalue weighted by molar-refractivity contribution is 5.88. The van der Waals surface area contributed by atoms with Crippen LogP contribution in [0.25, 0.3) is 0 Å². The van der Waals surface area contributed by atoms with Crippen LogP contribution in [0.4, 0.5) is 4.39 Å². The maximum atomic E-state index is 13.2. The fourth-order valence-corrected chi connectivity index (χ4v) is 1.10. The van der Waals surface area contributed by atoms with Gasteiger partial charge in [-0.25, -0.2) is 9.18 Å². The summed E-state index contributed by atoms with van der Waals surface area (Å²) < 4.78 is 17.9. The summed E-state index contributed by atoms with van der Waals surface area (Å²) in [5, 5.41) is 9.66. The molecule has 1 N–H and O–H groups in total. The molecule has 1 atom stereocenters. The number of esters is 1. The summed E-state index contributed by atoms with van der Waals surface area (Å²) in [6, 6.07) is 2.53. The van der Waals surface area contributed by atoms with Crippen molar-refractivity contribution in [2.45, 2.75) is 13.0 Å². The molecular weight excluding hydrogens is 213 g/mol. The summed E-state index contributed by atoms with van der Waals surface area (Å²) in [6.45, 7) is 5.15. The zero-order valence-corrected chi connectivity index (χ0v) is 8.81. The number of rotatable bonds is 4. The maximum absolute atomic E-state index is 13.2. The molecular formula is C11H12FNO3. The summed E-state index contributed by atoms with van der Waals surface area (Å²) >= 11 is 0. The molecule has 0 aliphatic rings. The van der Waals surface area contributed by atoms with E-state index in [0.29, 0.717) is 0 Å². The van der Waals surface area contributed by atoms with Crippen LogP contribution in [0.3, 0.4) is 0 Å². The van der Waals surface area contributed by atoms with Crippen molar-refractivity contribution >= 4 is 5.97 Å². The van der Waals surface area contributed by atoms with Crippen LogP contribution in [0.2, 0.25) is 0 Å². The number of carbonyl (C=O) groups is 1. The predicted molar refractivity (Wildman–Crippen MR) is 54.9 cm³/mol. The Balaban J connectivity index is 2.86. The topological polar surface area (TPSA) is 59.4 Å². The molecule has 0 saturated carbocycles. The first kappa shape index (κ1) is 12.3. The Kier molecular flexibility index (Phi) is 4.13. The molecule has 1 heterocycles. The van der Waals surface area contributed by atoms with Gasteiger partial charge in [0, 0.05) is 6.20 Å². The predicted octanol–water partition coefficient (Wildman–Crippen LogP) is 1.37. The number of carbonyl (C=O) groups excluding carboxylic acids is 1. The van der Waals surface area contributed by atoms with Gasteiger partial charge in [-0.05, 0) is 19.1 Å². The molecule has 1 aromatic heterocycles. The average molecular weight is 225 g/mol. The lowest BCUT2D eigenvalue weighted by Crippen LogP contribution is -2.15. The molecule has 16 heavy (non-hydrogen) atoms. The normalized spacial score (nSPS) is 11.9. The molecule has 5 heteroatoms. The molecule has 1 unspecified atom stereocenters.